The molecule has 3 aliphatic heterocycles. The summed E-state index contributed by atoms with van der Waals surface area (Å²) in [6.45, 7) is 20.0. The summed E-state index contributed by atoms with van der Waals surface area (Å²) in [5.41, 5.74) is 5.79. The number of ether oxygens (including phenoxy) is 2. The molecule has 0 amide bonds. The lowest BCUT2D eigenvalue weighted by Crippen LogP contribution is -2.42. The smallest absolute Gasteiger partial charge is 0.317 e. The largest absolute Gasteiger partial charge is 0.468 e. The molecule has 266 valence electrons. The highest BCUT2D eigenvalue weighted by molar-refractivity contribution is 6.14. The van der Waals surface area contributed by atoms with Gasteiger partial charge in [0, 0.05) is 70.2 Å². The molecule has 50 heavy (non-hydrogen) atoms. The SMILES string of the molecule is C=CC1/C2=C/c3[nH]c(/c(=C/C)c3C)=C\c3[nH]c4c(c3C)C(=O)[C@H](C(=O)OC)C4C3NC(/C=C(\N2)[C@]1(C)O)[C@@H](C)[C@@H]3CCC(=O)OCCC(=C)C. The summed E-state index contributed by atoms with van der Waals surface area (Å²) in [4.78, 5) is 47.8. The molecule has 5 heterocycles. The minimum absolute atomic E-state index is 0.0470. The maximum atomic E-state index is 14.3. The summed E-state index contributed by atoms with van der Waals surface area (Å²) in [5.74, 6) is -3.39. The molecule has 2 saturated heterocycles. The predicted molar refractivity (Wildman–Crippen MR) is 193 cm³/mol. The molecule has 2 aromatic rings. The van der Waals surface area contributed by atoms with Crippen LogP contribution in [0, 0.1) is 37.5 Å². The number of fused-ring (bicyclic) bond motifs is 8. The van der Waals surface area contributed by atoms with Crippen molar-refractivity contribution >= 4 is 35.9 Å². The van der Waals surface area contributed by atoms with Crippen molar-refractivity contribution in [3.05, 3.63) is 86.6 Å². The Balaban J connectivity index is 1.54. The van der Waals surface area contributed by atoms with E-state index in [1.54, 1.807) is 13.0 Å². The molecule has 0 spiro atoms. The fraction of sp³-hybridized carbons (Fsp3) is 0.475. The summed E-state index contributed by atoms with van der Waals surface area (Å²) in [5, 5.41) is 21.2. The topological polar surface area (TPSA) is 146 Å². The van der Waals surface area contributed by atoms with Crippen LogP contribution in [0.15, 0.2) is 42.3 Å². The van der Waals surface area contributed by atoms with Crippen LogP contribution in [0.25, 0.3) is 18.2 Å². The highest BCUT2D eigenvalue weighted by atomic mass is 16.5. The number of hydrogen-bond donors (Lipinski definition) is 5. The average Bonchev–Trinajstić information content (AvgIpc) is 3.79. The number of aromatic amines is 2. The predicted octanol–water partition coefficient (Wildman–Crippen LogP) is 3.94. The fourth-order valence-corrected chi connectivity index (χ4v) is 8.69. The lowest BCUT2D eigenvalue weighted by Gasteiger charge is -2.30. The number of carbonyl (C=O) groups excluding carboxylic acids is 3. The Kier molecular flexibility index (Phi) is 9.47. The van der Waals surface area contributed by atoms with Crippen molar-refractivity contribution in [1.82, 2.24) is 20.6 Å². The van der Waals surface area contributed by atoms with Crippen molar-refractivity contribution in [3.8, 4) is 0 Å². The van der Waals surface area contributed by atoms with Gasteiger partial charge in [0.05, 0.1) is 19.6 Å². The molecule has 8 bridgehead atoms. The first-order chi connectivity index (χ1) is 23.7. The first-order valence-electron chi connectivity index (χ1n) is 17.6. The van der Waals surface area contributed by atoms with Gasteiger partial charge < -0.3 is 35.2 Å². The Morgan fingerprint density at radius 2 is 1.84 bits per heavy atom. The summed E-state index contributed by atoms with van der Waals surface area (Å²) in [6, 6.07) is -0.658. The van der Waals surface area contributed by atoms with Gasteiger partial charge in [-0.05, 0) is 87.4 Å². The summed E-state index contributed by atoms with van der Waals surface area (Å²) in [7, 11) is 1.31. The van der Waals surface area contributed by atoms with Crippen LogP contribution < -0.4 is 21.2 Å². The van der Waals surface area contributed by atoms with Gasteiger partial charge in [-0.15, -0.1) is 13.2 Å². The van der Waals surface area contributed by atoms with Crippen LogP contribution in [-0.4, -0.2) is 64.2 Å². The Morgan fingerprint density at radius 1 is 1.12 bits per heavy atom. The normalized spacial score (nSPS) is 32.7. The molecule has 4 unspecified atom stereocenters. The first kappa shape index (κ1) is 35.4. The second-order valence-corrected chi connectivity index (χ2v) is 14.6. The molecular weight excluding hydrogens is 632 g/mol. The van der Waals surface area contributed by atoms with Crippen LogP contribution in [0.4, 0.5) is 0 Å². The van der Waals surface area contributed by atoms with Crippen molar-refractivity contribution in [1.29, 1.82) is 0 Å². The number of nitrogens with one attached hydrogen (secondary N) is 4. The molecule has 10 heteroatoms. The molecule has 0 radical (unpaired) electrons. The molecule has 2 aromatic heterocycles. The Morgan fingerprint density at radius 3 is 2.50 bits per heavy atom. The molecular formula is C40H50N4O6. The number of ketones is 1. The molecule has 4 aliphatic rings. The lowest BCUT2D eigenvalue weighted by atomic mass is 9.76. The molecule has 2 fully saturated rings. The zero-order chi connectivity index (χ0) is 36.2. The fourth-order valence-electron chi connectivity index (χ4n) is 8.69. The molecule has 6 rings (SSSR count). The van der Waals surface area contributed by atoms with Gasteiger partial charge >= 0.3 is 11.9 Å². The van der Waals surface area contributed by atoms with Gasteiger partial charge in [-0.25, -0.2) is 0 Å². The quantitative estimate of drug-likeness (QED) is 0.160. The third-order valence-corrected chi connectivity index (χ3v) is 11.5. The number of esters is 2. The van der Waals surface area contributed by atoms with Crippen LogP contribution in [0.2, 0.25) is 0 Å². The number of H-pyrrole nitrogens is 2. The van der Waals surface area contributed by atoms with E-state index in [0.717, 1.165) is 44.4 Å². The van der Waals surface area contributed by atoms with Crippen LogP contribution >= 0.6 is 0 Å². The van der Waals surface area contributed by atoms with Crippen molar-refractivity contribution in [2.45, 2.75) is 84.4 Å². The van der Waals surface area contributed by atoms with E-state index in [-0.39, 0.29) is 42.7 Å². The van der Waals surface area contributed by atoms with Crippen LogP contribution in [0.1, 0.15) is 91.4 Å². The van der Waals surface area contributed by atoms with Crippen molar-refractivity contribution < 1.29 is 29.0 Å². The van der Waals surface area contributed by atoms with Crippen LogP contribution in [0.3, 0.4) is 0 Å². The first-order valence-corrected chi connectivity index (χ1v) is 17.6. The zero-order valence-corrected chi connectivity index (χ0v) is 30.2. The van der Waals surface area contributed by atoms with Gasteiger partial charge in [-0.3, -0.25) is 14.4 Å². The molecule has 5 N–H and O–H groups in total. The monoisotopic (exact) mass is 682 g/mol. The molecule has 10 nitrogen and oxygen atoms in total. The van der Waals surface area contributed by atoms with Crippen molar-refractivity contribution in [3.63, 3.8) is 0 Å². The molecule has 8 atom stereocenters. The summed E-state index contributed by atoms with van der Waals surface area (Å²) >= 11 is 0. The van der Waals surface area contributed by atoms with Crippen molar-refractivity contribution in [2.75, 3.05) is 13.7 Å². The third-order valence-electron chi connectivity index (χ3n) is 11.5. The Bertz CT molecular complexity index is 1960. The molecule has 0 saturated carbocycles. The van der Waals surface area contributed by atoms with Gasteiger partial charge in [0.2, 0.25) is 0 Å². The van der Waals surface area contributed by atoms with E-state index in [1.165, 1.54) is 7.11 Å². The number of methoxy groups -OCH3 is 1. The molecule has 0 aromatic carbocycles. The number of hydrogen-bond acceptors (Lipinski definition) is 8. The highest BCUT2D eigenvalue weighted by Gasteiger charge is 2.56. The Labute approximate surface area is 293 Å². The second kappa shape index (κ2) is 13.4. The van der Waals surface area contributed by atoms with Gasteiger partial charge in [0.15, 0.2) is 5.78 Å². The standard InChI is InChI=1S/C40H50N4O6/c1-10-23-20(5)26-17-30-25(11-2)40(8,48)31(42-30)18-28-21(6)24(12-13-32(45)50-15-14-19(3)4)36(43-28)34-35(39(47)49-9)38(46)33-22(7)27(44-37(33)34)16-29(23)41-26/h10-11,16-18,21,24-25,28,34-36,41-44,48H,2-3,12-15H2,1,4-9H3/b23-10+,29-16-,30-17-,31-18-/t21-,24-,25?,28?,34?,35+,36?,40+/m0/s1. The number of rotatable bonds is 8. The average molecular weight is 683 g/mol. The highest BCUT2D eigenvalue weighted by Crippen LogP contribution is 2.49. The van der Waals surface area contributed by atoms with E-state index in [1.807, 2.05) is 45.1 Å². The van der Waals surface area contributed by atoms with Gasteiger partial charge in [0.1, 0.15) is 11.5 Å². The van der Waals surface area contributed by atoms with Gasteiger partial charge in [-0.1, -0.05) is 24.6 Å². The van der Waals surface area contributed by atoms with E-state index >= 15 is 0 Å². The van der Waals surface area contributed by atoms with Gasteiger partial charge in [0.25, 0.3) is 0 Å². The summed E-state index contributed by atoms with van der Waals surface area (Å²) in [6.07, 6.45) is 11.1. The van der Waals surface area contributed by atoms with E-state index in [2.05, 4.69) is 47.6 Å². The van der Waals surface area contributed by atoms with E-state index in [4.69, 9.17) is 9.47 Å². The van der Waals surface area contributed by atoms with Crippen LogP contribution in [-0.2, 0) is 19.1 Å². The molecule has 1 aliphatic carbocycles. The second-order valence-electron chi connectivity index (χ2n) is 14.6. The lowest BCUT2D eigenvalue weighted by molar-refractivity contribution is -0.145. The Hall–Kier alpha value is -4.41. The minimum atomic E-state index is -1.28. The van der Waals surface area contributed by atoms with Crippen LogP contribution in [0.5, 0.6) is 0 Å². The number of aromatic nitrogens is 2. The maximum absolute atomic E-state index is 14.3. The van der Waals surface area contributed by atoms with Crippen molar-refractivity contribution in [2.24, 2.45) is 23.7 Å². The minimum Gasteiger partial charge on any atom is -0.468 e. The summed E-state index contributed by atoms with van der Waals surface area (Å²) < 4.78 is 10.8. The zero-order valence-electron chi connectivity index (χ0n) is 30.2. The van der Waals surface area contributed by atoms with E-state index in [9.17, 15) is 19.5 Å². The number of aliphatic hydroxyl groups is 1. The van der Waals surface area contributed by atoms with Gasteiger partial charge in [-0.2, -0.15) is 0 Å². The number of carbonyl (C=O) groups is 3. The maximum Gasteiger partial charge on any atom is 0.317 e. The van der Waals surface area contributed by atoms with E-state index in [0.29, 0.717) is 29.8 Å². The third kappa shape index (κ3) is 5.82. The van der Waals surface area contributed by atoms with E-state index < -0.39 is 35.4 Å². The number of Topliss-reactive ketones (excluding diaryl/α,β-unsaturated/α-hetero) is 1.